The van der Waals surface area contributed by atoms with Crippen molar-refractivity contribution in [2.45, 2.75) is 51.9 Å². The second kappa shape index (κ2) is 6.73. The molecule has 0 aliphatic heterocycles. The van der Waals surface area contributed by atoms with Gasteiger partial charge in [0, 0.05) is 12.2 Å². The van der Waals surface area contributed by atoms with Gasteiger partial charge in [-0.15, -0.1) is 0 Å². The molecule has 1 fully saturated rings. The van der Waals surface area contributed by atoms with Crippen LogP contribution in [0.2, 0.25) is 0 Å². The van der Waals surface area contributed by atoms with Crippen molar-refractivity contribution < 1.29 is 9.90 Å². The highest BCUT2D eigenvalue weighted by molar-refractivity contribution is 5.88. The van der Waals surface area contributed by atoms with Crippen LogP contribution in [0.4, 0.5) is 5.82 Å². The van der Waals surface area contributed by atoms with E-state index in [1.165, 1.54) is 25.7 Å². The van der Waals surface area contributed by atoms with Gasteiger partial charge >= 0.3 is 5.97 Å². The molecule has 0 atom stereocenters. The summed E-state index contributed by atoms with van der Waals surface area (Å²) in [5.41, 5.74) is 1.14. The van der Waals surface area contributed by atoms with E-state index in [0.29, 0.717) is 11.4 Å². The van der Waals surface area contributed by atoms with Crippen LogP contribution >= 0.6 is 0 Å². The summed E-state index contributed by atoms with van der Waals surface area (Å²) in [5.74, 6) is 0.846. The quantitative estimate of drug-likeness (QED) is 0.827. The number of carboxylic acid groups (broad SMARTS) is 1. The van der Waals surface area contributed by atoms with Gasteiger partial charge in [-0.2, -0.15) is 0 Å². The van der Waals surface area contributed by atoms with Crippen molar-refractivity contribution in [1.29, 1.82) is 0 Å². The fourth-order valence-corrected chi connectivity index (χ4v) is 2.77. The molecule has 2 N–H and O–H groups in total. The van der Waals surface area contributed by atoms with Crippen LogP contribution < -0.4 is 5.32 Å². The topological polar surface area (TPSA) is 62.2 Å². The number of carbonyl (C=O) groups is 1. The van der Waals surface area contributed by atoms with E-state index in [1.807, 2.05) is 13.8 Å². The number of rotatable bonds is 6. The zero-order valence-electron chi connectivity index (χ0n) is 12.4. The lowest BCUT2D eigenvalue weighted by atomic mass is 10.0. The molecular formula is C16H24N2O2. The maximum atomic E-state index is 11.2. The first kappa shape index (κ1) is 14.8. The van der Waals surface area contributed by atoms with Crippen molar-refractivity contribution >= 4 is 11.8 Å². The number of anilines is 1. The SMILES string of the molecule is CC(C)c1cc(C(=O)O)cc(NCCC2CCCC2)n1. The van der Waals surface area contributed by atoms with E-state index < -0.39 is 5.97 Å². The molecule has 110 valence electrons. The molecule has 1 saturated carbocycles. The summed E-state index contributed by atoms with van der Waals surface area (Å²) in [7, 11) is 0. The Labute approximate surface area is 120 Å². The number of hydrogen-bond acceptors (Lipinski definition) is 3. The summed E-state index contributed by atoms with van der Waals surface area (Å²) < 4.78 is 0. The van der Waals surface area contributed by atoms with Crippen molar-refractivity contribution in [3.8, 4) is 0 Å². The molecule has 0 aromatic carbocycles. The minimum Gasteiger partial charge on any atom is -0.478 e. The lowest BCUT2D eigenvalue weighted by molar-refractivity contribution is 0.0696. The molecule has 1 aromatic heterocycles. The normalized spacial score (nSPS) is 15.8. The second-order valence-corrected chi connectivity index (χ2v) is 5.99. The van der Waals surface area contributed by atoms with Gasteiger partial charge in [0.2, 0.25) is 0 Å². The Morgan fingerprint density at radius 2 is 2.10 bits per heavy atom. The number of nitrogens with one attached hydrogen (secondary N) is 1. The molecule has 0 radical (unpaired) electrons. The Bertz CT molecular complexity index is 466. The molecule has 1 heterocycles. The number of pyridine rings is 1. The molecule has 1 aromatic rings. The van der Waals surface area contributed by atoms with E-state index >= 15 is 0 Å². The van der Waals surface area contributed by atoms with Gasteiger partial charge in [0.15, 0.2) is 0 Å². The first-order chi connectivity index (χ1) is 9.56. The van der Waals surface area contributed by atoms with E-state index in [1.54, 1.807) is 12.1 Å². The average Bonchev–Trinajstić information content (AvgIpc) is 2.91. The minimum absolute atomic E-state index is 0.227. The Kier molecular flexibility index (Phi) is 4.99. The maximum absolute atomic E-state index is 11.2. The molecule has 20 heavy (non-hydrogen) atoms. The fourth-order valence-electron chi connectivity index (χ4n) is 2.77. The van der Waals surface area contributed by atoms with Crippen LogP contribution in [0.25, 0.3) is 0 Å². The molecule has 1 aliphatic rings. The van der Waals surface area contributed by atoms with Gasteiger partial charge in [-0.05, 0) is 30.4 Å². The standard InChI is InChI=1S/C16H24N2O2/c1-11(2)14-9-13(16(19)20)10-15(18-14)17-8-7-12-5-3-4-6-12/h9-12H,3-8H2,1-2H3,(H,17,18)(H,19,20). The average molecular weight is 276 g/mol. The molecule has 0 saturated heterocycles. The number of carboxylic acids is 1. The highest BCUT2D eigenvalue weighted by Crippen LogP contribution is 2.27. The fraction of sp³-hybridized carbons (Fsp3) is 0.625. The van der Waals surface area contributed by atoms with Crippen LogP contribution in [0.5, 0.6) is 0 Å². The summed E-state index contributed by atoms with van der Waals surface area (Å²) in [4.78, 5) is 15.7. The Hall–Kier alpha value is -1.58. The van der Waals surface area contributed by atoms with Gasteiger partial charge in [0.05, 0.1) is 5.56 Å². The van der Waals surface area contributed by atoms with E-state index in [2.05, 4.69) is 10.3 Å². The summed E-state index contributed by atoms with van der Waals surface area (Å²) in [6, 6.07) is 3.29. The molecule has 0 bridgehead atoms. The van der Waals surface area contributed by atoms with Gasteiger partial charge in [0.1, 0.15) is 5.82 Å². The van der Waals surface area contributed by atoms with Crippen molar-refractivity contribution in [3.63, 3.8) is 0 Å². The highest BCUT2D eigenvalue weighted by Gasteiger charge is 2.15. The summed E-state index contributed by atoms with van der Waals surface area (Å²) in [6.45, 7) is 4.92. The Morgan fingerprint density at radius 3 is 2.70 bits per heavy atom. The molecule has 0 amide bonds. The van der Waals surface area contributed by atoms with Crippen molar-refractivity contribution in [2.75, 3.05) is 11.9 Å². The van der Waals surface area contributed by atoms with Crippen LogP contribution in [0.1, 0.15) is 67.9 Å². The predicted molar refractivity (Wildman–Crippen MR) is 80.4 cm³/mol. The van der Waals surface area contributed by atoms with Gasteiger partial charge in [-0.25, -0.2) is 9.78 Å². The largest absolute Gasteiger partial charge is 0.478 e. The number of hydrogen-bond donors (Lipinski definition) is 2. The number of nitrogens with zero attached hydrogens (tertiary/aromatic N) is 1. The third kappa shape index (κ3) is 3.95. The van der Waals surface area contributed by atoms with Crippen molar-refractivity contribution in [3.05, 3.63) is 23.4 Å². The van der Waals surface area contributed by atoms with E-state index in [-0.39, 0.29) is 5.92 Å². The Balaban J connectivity index is 2.00. The van der Waals surface area contributed by atoms with Crippen LogP contribution in [-0.4, -0.2) is 22.6 Å². The van der Waals surface area contributed by atoms with Crippen LogP contribution in [-0.2, 0) is 0 Å². The van der Waals surface area contributed by atoms with Gasteiger partial charge in [-0.3, -0.25) is 0 Å². The maximum Gasteiger partial charge on any atom is 0.335 e. The summed E-state index contributed by atoms with van der Waals surface area (Å²) in [6.07, 6.45) is 6.53. The van der Waals surface area contributed by atoms with Crippen LogP contribution in [0.15, 0.2) is 12.1 Å². The predicted octanol–water partition coefficient (Wildman–Crippen LogP) is 3.90. The van der Waals surface area contributed by atoms with E-state index in [9.17, 15) is 4.79 Å². The second-order valence-electron chi connectivity index (χ2n) is 5.99. The molecule has 0 unspecified atom stereocenters. The van der Waals surface area contributed by atoms with E-state index in [0.717, 1.165) is 24.6 Å². The van der Waals surface area contributed by atoms with Crippen LogP contribution in [0.3, 0.4) is 0 Å². The smallest absolute Gasteiger partial charge is 0.335 e. The number of aromatic nitrogens is 1. The molecule has 4 nitrogen and oxygen atoms in total. The first-order valence-electron chi connectivity index (χ1n) is 7.55. The monoisotopic (exact) mass is 276 g/mol. The van der Waals surface area contributed by atoms with Crippen molar-refractivity contribution in [2.24, 2.45) is 5.92 Å². The minimum atomic E-state index is -0.895. The summed E-state index contributed by atoms with van der Waals surface area (Å²) in [5, 5.41) is 12.4. The lowest BCUT2D eigenvalue weighted by Crippen LogP contribution is -2.10. The first-order valence-corrected chi connectivity index (χ1v) is 7.55. The third-order valence-electron chi connectivity index (χ3n) is 4.02. The van der Waals surface area contributed by atoms with Crippen molar-refractivity contribution in [1.82, 2.24) is 4.98 Å². The van der Waals surface area contributed by atoms with Gasteiger partial charge < -0.3 is 10.4 Å². The lowest BCUT2D eigenvalue weighted by Gasteiger charge is -2.13. The molecule has 2 rings (SSSR count). The molecule has 0 spiro atoms. The molecule has 4 heteroatoms. The van der Waals surface area contributed by atoms with Gasteiger partial charge in [0.25, 0.3) is 0 Å². The van der Waals surface area contributed by atoms with Crippen LogP contribution in [0, 0.1) is 5.92 Å². The number of aromatic carboxylic acids is 1. The zero-order valence-corrected chi connectivity index (χ0v) is 12.4. The summed E-state index contributed by atoms with van der Waals surface area (Å²) >= 11 is 0. The molecule has 1 aliphatic carbocycles. The molecular weight excluding hydrogens is 252 g/mol. The zero-order chi connectivity index (χ0) is 14.5. The third-order valence-corrected chi connectivity index (χ3v) is 4.02. The van der Waals surface area contributed by atoms with E-state index in [4.69, 9.17) is 5.11 Å². The Morgan fingerprint density at radius 1 is 1.40 bits per heavy atom. The van der Waals surface area contributed by atoms with Gasteiger partial charge in [-0.1, -0.05) is 39.5 Å². The highest BCUT2D eigenvalue weighted by atomic mass is 16.4.